The van der Waals surface area contributed by atoms with Crippen LogP contribution in [0, 0.1) is 13.8 Å². The predicted molar refractivity (Wildman–Crippen MR) is 131 cm³/mol. The summed E-state index contributed by atoms with van der Waals surface area (Å²) in [6.07, 6.45) is 3.44. The number of fused-ring (bicyclic) bond motifs is 6. The largest absolute Gasteiger partial charge is 0.216 e. The van der Waals surface area contributed by atoms with Gasteiger partial charge in [-0.3, -0.25) is 0 Å². The maximum Gasteiger partial charge on any atom is 0.216 e. The Bertz CT molecular complexity index is 1250. The predicted octanol–water partition coefficient (Wildman–Crippen LogP) is 7.06. The zero-order chi connectivity index (χ0) is 22.5. The molecule has 1 heterocycles. The summed E-state index contributed by atoms with van der Waals surface area (Å²) in [4.78, 5) is 0. The van der Waals surface area contributed by atoms with Crippen LogP contribution < -0.4 is 4.57 Å². The van der Waals surface area contributed by atoms with Gasteiger partial charge in [-0.15, -0.1) is 0 Å². The fraction of sp³-hybridized carbons (Fsp3) is 0.433. The van der Waals surface area contributed by atoms with Gasteiger partial charge in [0.2, 0.25) is 5.69 Å². The SMILES string of the molecule is Cc1c2c(cc3c1-c1c(c(C)c(C(C)C)c[n+]1C)C(C)(C)C3(C)C)-c1ccccc1C2. The van der Waals surface area contributed by atoms with E-state index in [0.717, 1.165) is 6.42 Å². The first-order valence-electron chi connectivity index (χ1n) is 11.8. The molecule has 2 aliphatic rings. The quantitative estimate of drug-likeness (QED) is 0.296. The molecule has 0 bridgehead atoms. The van der Waals surface area contributed by atoms with E-state index in [1.54, 1.807) is 0 Å². The molecule has 0 amide bonds. The average molecular weight is 411 g/mol. The minimum absolute atomic E-state index is 0.0278. The number of benzene rings is 2. The molecule has 160 valence electrons. The summed E-state index contributed by atoms with van der Waals surface area (Å²) in [7, 11) is 2.25. The van der Waals surface area contributed by atoms with Crippen molar-refractivity contribution >= 4 is 0 Å². The molecule has 31 heavy (non-hydrogen) atoms. The minimum atomic E-state index is 0.0278. The van der Waals surface area contributed by atoms with Crippen LogP contribution in [0.5, 0.6) is 0 Å². The Kier molecular flexibility index (Phi) is 4.17. The van der Waals surface area contributed by atoms with Crippen molar-refractivity contribution < 1.29 is 4.57 Å². The molecule has 1 heteroatoms. The second kappa shape index (κ2) is 6.31. The molecule has 0 saturated heterocycles. The molecule has 0 atom stereocenters. The third-order valence-electron chi connectivity index (χ3n) is 8.84. The summed E-state index contributed by atoms with van der Waals surface area (Å²) in [6.45, 7) is 19.2. The summed E-state index contributed by atoms with van der Waals surface area (Å²) in [6, 6.07) is 11.5. The highest BCUT2D eigenvalue weighted by Gasteiger charge is 2.51. The summed E-state index contributed by atoms with van der Waals surface area (Å²) >= 11 is 0. The van der Waals surface area contributed by atoms with Crippen molar-refractivity contribution in [2.45, 2.75) is 78.6 Å². The van der Waals surface area contributed by atoms with Gasteiger partial charge in [0, 0.05) is 16.5 Å². The number of hydrogen-bond donors (Lipinski definition) is 0. The average Bonchev–Trinajstić information content (AvgIpc) is 3.07. The van der Waals surface area contributed by atoms with Crippen LogP contribution in [0.15, 0.2) is 36.5 Å². The van der Waals surface area contributed by atoms with Crippen LogP contribution in [-0.2, 0) is 24.3 Å². The van der Waals surface area contributed by atoms with Crippen molar-refractivity contribution in [3.05, 3.63) is 75.5 Å². The minimum Gasteiger partial charge on any atom is -0.200 e. The van der Waals surface area contributed by atoms with E-state index in [0.29, 0.717) is 5.92 Å². The number of pyridine rings is 1. The van der Waals surface area contributed by atoms with Gasteiger partial charge in [0.05, 0.1) is 5.56 Å². The van der Waals surface area contributed by atoms with E-state index in [1.807, 2.05) is 0 Å². The molecule has 2 aliphatic carbocycles. The molecule has 1 nitrogen and oxygen atoms in total. The van der Waals surface area contributed by atoms with Gasteiger partial charge in [-0.2, -0.15) is 0 Å². The Balaban J connectivity index is 1.93. The maximum absolute atomic E-state index is 2.54. The van der Waals surface area contributed by atoms with E-state index in [9.17, 15) is 0 Å². The van der Waals surface area contributed by atoms with E-state index in [2.05, 4.69) is 104 Å². The summed E-state index contributed by atoms with van der Waals surface area (Å²) in [5.41, 5.74) is 16.3. The maximum atomic E-state index is 2.54. The van der Waals surface area contributed by atoms with Crippen LogP contribution in [0.3, 0.4) is 0 Å². The fourth-order valence-electron chi connectivity index (χ4n) is 6.42. The first-order valence-corrected chi connectivity index (χ1v) is 11.8. The van der Waals surface area contributed by atoms with Crippen LogP contribution in [-0.4, -0.2) is 0 Å². The van der Waals surface area contributed by atoms with Crippen LogP contribution in [0.2, 0.25) is 0 Å². The number of hydrogen-bond acceptors (Lipinski definition) is 0. The van der Waals surface area contributed by atoms with Crippen molar-refractivity contribution in [2.75, 3.05) is 0 Å². The second-order valence-electron chi connectivity index (χ2n) is 11.2. The molecule has 0 radical (unpaired) electrons. The zero-order valence-corrected chi connectivity index (χ0v) is 20.7. The summed E-state index contributed by atoms with van der Waals surface area (Å²) in [5, 5.41) is 0. The third kappa shape index (κ3) is 2.47. The normalized spacial score (nSPS) is 17.2. The highest BCUT2D eigenvalue weighted by Crippen LogP contribution is 2.57. The van der Waals surface area contributed by atoms with Crippen molar-refractivity contribution in [3.8, 4) is 22.4 Å². The van der Waals surface area contributed by atoms with Crippen molar-refractivity contribution in [1.29, 1.82) is 0 Å². The van der Waals surface area contributed by atoms with Gasteiger partial charge in [0.15, 0.2) is 6.20 Å². The Morgan fingerprint density at radius 3 is 2.26 bits per heavy atom. The van der Waals surface area contributed by atoms with Crippen LogP contribution >= 0.6 is 0 Å². The Morgan fingerprint density at radius 1 is 0.903 bits per heavy atom. The Labute approximate surface area is 188 Å². The molecule has 0 N–H and O–H groups in total. The lowest BCUT2D eigenvalue weighted by Gasteiger charge is -2.48. The van der Waals surface area contributed by atoms with Crippen LogP contribution in [0.25, 0.3) is 22.4 Å². The second-order valence-corrected chi connectivity index (χ2v) is 11.2. The summed E-state index contributed by atoms with van der Waals surface area (Å²) < 4.78 is 2.43. The monoisotopic (exact) mass is 410 g/mol. The molecule has 3 aromatic rings. The Morgan fingerprint density at radius 2 is 1.58 bits per heavy atom. The molecule has 5 rings (SSSR count). The van der Waals surface area contributed by atoms with E-state index in [4.69, 9.17) is 0 Å². The summed E-state index contributed by atoms with van der Waals surface area (Å²) in [5.74, 6) is 0.521. The number of rotatable bonds is 1. The van der Waals surface area contributed by atoms with Crippen molar-refractivity contribution in [3.63, 3.8) is 0 Å². The highest BCUT2D eigenvalue weighted by atomic mass is 14.9. The van der Waals surface area contributed by atoms with Crippen molar-refractivity contribution in [1.82, 2.24) is 0 Å². The van der Waals surface area contributed by atoms with Gasteiger partial charge in [0.25, 0.3) is 0 Å². The number of nitrogens with zero attached hydrogens (tertiary/aromatic N) is 1. The first-order chi connectivity index (χ1) is 14.5. The fourth-order valence-corrected chi connectivity index (χ4v) is 6.42. The van der Waals surface area contributed by atoms with E-state index in [-0.39, 0.29) is 10.8 Å². The van der Waals surface area contributed by atoms with Crippen LogP contribution in [0.1, 0.15) is 86.4 Å². The molecule has 0 unspecified atom stereocenters. The molecular formula is C30H36N+. The topological polar surface area (TPSA) is 3.88 Å². The molecule has 0 spiro atoms. The van der Waals surface area contributed by atoms with Gasteiger partial charge < -0.3 is 0 Å². The third-order valence-corrected chi connectivity index (χ3v) is 8.84. The van der Waals surface area contributed by atoms with Crippen molar-refractivity contribution in [2.24, 2.45) is 7.05 Å². The molecule has 2 aromatic carbocycles. The molecular weight excluding hydrogens is 374 g/mol. The lowest BCUT2D eigenvalue weighted by atomic mass is 9.54. The number of aromatic nitrogens is 1. The molecule has 1 aromatic heterocycles. The van der Waals surface area contributed by atoms with Gasteiger partial charge in [-0.1, -0.05) is 65.8 Å². The smallest absolute Gasteiger partial charge is 0.200 e. The van der Waals surface area contributed by atoms with E-state index < -0.39 is 0 Å². The van der Waals surface area contributed by atoms with Gasteiger partial charge >= 0.3 is 0 Å². The highest BCUT2D eigenvalue weighted by molar-refractivity contribution is 5.87. The first kappa shape index (κ1) is 20.5. The molecule has 0 saturated carbocycles. The lowest BCUT2D eigenvalue weighted by molar-refractivity contribution is -0.661. The Hall–Kier alpha value is -2.41. The van der Waals surface area contributed by atoms with Gasteiger partial charge in [-0.25, -0.2) is 4.57 Å². The van der Waals surface area contributed by atoms with Gasteiger partial charge in [-0.05, 0) is 76.6 Å². The van der Waals surface area contributed by atoms with E-state index in [1.165, 1.54) is 61.3 Å². The lowest BCUT2D eigenvalue weighted by Crippen LogP contribution is -2.49. The van der Waals surface area contributed by atoms with Crippen LogP contribution in [0.4, 0.5) is 0 Å². The molecule has 0 fully saturated rings. The molecule has 0 aliphatic heterocycles. The standard InChI is InChI=1S/C30H36N/c1-17(2)24-16-31(9)28-26-18(3)22-14-20-12-10-11-13-21(20)23(22)15-25(26)29(5,6)30(7,8)27(28)19(24)4/h10-13,15-17H,14H2,1-9H3/q+1. The van der Waals surface area contributed by atoms with E-state index >= 15 is 0 Å². The van der Waals surface area contributed by atoms with Gasteiger partial charge in [0.1, 0.15) is 7.05 Å². The number of aryl methyl sites for hydroxylation is 1. The zero-order valence-electron chi connectivity index (χ0n) is 20.7.